The molecular weight excluding hydrogens is 375 g/mol. The first-order valence-corrected chi connectivity index (χ1v) is 11.5. The Morgan fingerprint density at radius 2 is 1.89 bits per heavy atom. The Morgan fingerprint density at radius 1 is 1.19 bits per heavy atom. The second kappa shape index (κ2) is 10.5. The van der Waals surface area contributed by atoms with Crippen LogP contribution in [0.15, 0.2) is 12.1 Å². The number of hydrogen-bond acceptors (Lipinski definition) is 4. The smallest absolute Gasteiger partial charge is 0.292 e. The average Bonchev–Trinajstić information content (AvgIpc) is 2.66. The maximum Gasteiger partial charge on any atom is 0.292 e. The molecule has 2 rings (SSSR count). The summed E-state index contributed by atoms with van der Waals surface area (Å²) in [4.78, 5) is 0. The third-order valence-corrected chi connectivity index (χ3v) is 7.01. The molecule has 0 amide bonds. The topological polar surface area (TPSA) is 67.8 Å². The fourth-order valence-corrected chi connectivity index (χ4v) is 4.84. The van der Waals surface area contributed by atoms with Crippen molar-refractivity contribution >= 4 is 7.52 Å². The number of benzene rings is 1. The molecule has 1 aliphatic rings. The van der Waals surface area contributed by atoms with Crippen LogP contribution < -0.4 is 9.99 Å². The zero-order valence-electron chi connectivity index (χ0n) is 16.0. The Labute approximate surface area is 159 Å². The molecule has 27 heavy (non-hydrogen) atoms. The van der Waals surface area contributed by atoms with E-state index in [1.54, 1.807) is 18.2 Å². The van der Waals surface area contributed by atoms with Crippen molar-refractivity contribution in [1.82, 2.24) is 5.25 Å². The van der Waals surface area contributed by atoms with Gasteiger partial charge in [0.25, 0.3) is 7.52 Å². The van der Waals surface area contributed by atoms with Crippen LogP contribution in [0, 0.1) is 17.6 Å². The highest BCUT2D eigenvalue weighted by Crippen LogP contribution is 2.42. The molecule has 0 aromatic heterocycles. The van der Waals surface area contributed by atoms with Crippen LogP contribution in [0.25, 0.3) is 0 Å². The molecule has 1 unspecified atom stereocenters. The molecule has 2 N–H and O–H groups in total. The number of ether oxygens (including phenoxy) is 1. The Balaban J connectivity index is 1.85. The first-order valence-electron chi connectivity index (χ1n) is 9.65. The van der Waals surface area contributed by atoms with Gasteiger partial charge >= 0.3 is 0 Å². The van der Waals surface area contributed by atoms with E-state index in [0.717, 1.165) is 25.7 Å². The van der Waals surface area contributed by atoms with Crippen molar-refractivity contribution in [1.29, 1.82) is 0 Å². The van der Waals surface area contributed by atoms with Gasteiger partial charge in [-0.2, -0.15) is 4.39 Å². The van der Waals surface area contributed by atoms with Crippen LogP contribution in [0.5, 0.6) is 5.75 Å². The average molecular weight is 405 g/mol. The van der Waals surface area contributed by atoms with E-state index in [2.05, 4.69) is 6.92 Å². The number of unbranched alkanes of at least 4 members (excludes halogenated alkanes) is 1. The monoisotopic (exact) mass is 405 g/mol. The number of hydrogen-bond donors (Lipinski definition) is 2. The van der Waals surface area contributed by atoms with Crippen LogP contribution in [-0.4, -0.2) is 24.6 Å². The molecule has 1 aromatic carbocycles. The molecule has 0 bridgehead atoms. The molecule has 1 saturated carbocycles. The molecular formula is C19H30F2NO4P. The van der Waals surface area contributed by atoms with Crippen molar-refractivity contribution in [3.63, 3.8) is 0 Å². The summed E-state index contributed by atoms with van der Waals surface area (Å²) >= 11 is 0. The van der Waals surface area contributed by atoms with Gasteiger partial charge in [0, 0.05) is 6.16 Å². The van der Waals surface area contributed by atoms with Crippen LogP contribution >= 0.6 is 7.52 Å². The third kappa shape index (κ3) is 6.24. The lowest BCUT2D eigenvalue weighted by Gasteiger charge is -2.27. The van der Waals surface area contributed by atoms with Crippen molar-refractivity contribution in [2.24, 2.45) is 5.92 Å². The second-order valence-electron chi connectivity index (χ2n) is 7.21. The van der Waals surface area contributed by atoms with Gasteiger partial charge in [-0.1, -0.05) is 25.8 Å². The number of halogens is 2. The summed E-state index contributed by atoms with van der Waals surface area (Å²) in [6.07, 6.45) is 4.91. The minimum Gasteiger partial charge on any atom is -0.490 e. The molecule has 0 radical (unpaired) electrons. The largest absolute Gasteiger partial charge is 0.490 e. The van der Waals surface area contributed by atoms with Gasteiger partial charge in [0.1, 0.15) is 0 Å². The van der Waals surface area contributed by atoms with E-state index in [9.17, 15) is 13.3 Å². The van der Waals surface area contributed by atoms with Crippen LogP contribution in [0.1, 0.15) is 63.9 Å². The lowest BCUT2D eigenvalue weighted by molar-refractivity contribution is 0.201. The standard InChI is InChI=1S/C19H30F2NO4P/c1-3-26-27(24,22-23)13-5-4-12-25-17-11-10-16(18(20)19(17)21)15-8-6-14(2)7-9-15/h10-11,14-15,23H,3-9,12-13H2,1-2H3,(H,22,24). The van der Waals surface area contributed by atoms with Gasteiger partial charge in [-0.25, -0.2) is 4.39 Å². The van der Waals surface area contributed by atoms with Crippen molar-refractivity contribution in [3.8, 4) is 5.75 Å². The Bertz CT molecular complexity index is 651. The Morgan fingerprint density at radius 3 is 2.52 bits per heavy atom. The summed E-state index contributed by atoms with van der Waals surface area (Å²) in [6.45, 7) is 4.25. The molecule has 1 fully saturated rings. The molecule has 0 aliphatic heterocycles. The fraction of sp³-hybridized carbons (Fsp3) is 0.684. The van der Waals surface area contributed by atoms with Crippen LogP contribution in [0.2, 0.25) is 0 Å². The van der Waals surface area contributed by atoms with E-state index in [1.165, 1.54) is 6.07 Å². The van der Waals surface area contributed by atoms with Crippen molar-refractivity contribution < 1.29 is 27.8 Å². The van der Waals surface area contributed by atoms with Gasteiger partial charge in [-0.3, -0.25) is 4.57 Å². The summed E-state index contributed by atoms with van der Waals surface area (Å²) < 4.78 is 51.1. The van der Waals surface area contributed by atoms with E-state index >= 15 is 0 Å². The predicted octanol–water partition coefficient (Wildman–Crippen LogP) is 5.63. The lowest BCUT2D eigenvalue weighted by Crippen LogP contribution is -2.13. The van der Waals surface area contributed by atoms with Crippen LogP contribution in [-0.2, 0) is 9.09 Å². The van der Waals surface area contributed by atoms with Gasteiger partial charge in [-0.15, -0.1) is 5.25 Å². The minimum atomic E-state index is -3.24. The molecule has 1 atom stereocenters. The molecule has 8 heteroatoms. The molecule has 5 nitrogen and oxygen atoms in total. The fourth-order valence-electron chi connectivity index (χ4n) is 3.50. The number of rotatable bonds is 10. The van der Waals surface area contributed by atoms with Crippen LogP contribution in [0.4, 0.5) is 8.78 Å². The normalized spacial score (nSPS) is 22.4. The summed E-state index contributed by atoms with van der Waals surface area (Å²) in [6, 6.07) is 3.12. The highest BCUT2D eigenvalue weighted by atomic mass is 31.2. The molecule has 0 spiro atoms. The van der Waals surface area contributed by atoms with Crippen LogP contribution in [0.3, 0.4) is 0 Å². The summed E-state index contributed by atoms with van der Waals surface area (Å²) in [5, 5.41) is 10.6. The first kappa shape index (κ1) is 22.3. The summed E-state index contributed by atoms with van der Waals surface area (Å²) in [5.41, 5.74) is 0.443. The minimum absolute atomic E-state index is 0.0726. The first-order chi connectivity index (χ1) is 12.9. The molecule has 154 valence electrons. The van der Waals surface area contributed by atoms with Gasteiger partial charge in [0.2, 0.25) is 5.82 Å². The van der Waals surface area contributed by atoms with E-state index < -0.39 is 19.2 Å². The van der Waals surface area contributed by atoms with Gasteiger partial charge in [0.15, 0.2) is 11.6 Å². The highest BCUT2D eigenvalue weighted by molar-refractivity contribution is 7.56. The zero-order valence-corrected chi connectivity index (χ0v) is 16.9. The summed E-state index contributed by atoms with van der Waals surface area (Å²) in [5.74, 6) is -1.13. The maximum absolute atomic E-state index is 14.5. The SMILES string of the molecule is CCOP(=O)(CCCCOc1ccc(C2CCC(C)CC2)c(F)c1F)NO. The van der Waals surface area contributed by atoms with E-state index in [0.29, 0.717) is 24.3 Å². The van der Waals surface area contributed by atoms with Crippen molar-refractivity contribution in [3.05, 3.63) is 29.3 Å². The van der Waals surface area contributed by atoms with Gasteiger partial charge in [-0.05, 0) is 56.1 Å². The molecule has 0 heterocycles. The Hall–Kier alpha value is -1.01. The molecule has 1 aromatic rings. The third-order valence-electron chi connectivity index (χ3n) is 5.13. The maximum atomic E-state index is 14.5. The quantitative estimate of drug-likeness (QED) is 0.300. The van der Waals surface area contributed by atoms with Crippen molar-refractivity contribution in [2.45, 2.75) is 58.3 Å². The predicted molar refractivity (Wildman–Crippen MR) is 100 cm³/mol. The zero-order chi connectivity index (χ0) is 19.9. The van der Waals surface area contributed by atoms with E-state index in [4.69, 9.17) is 14.5 Å². The molecule has 1 aliphatic carbocycles. The molecule has 0 saturated heterocycles. The highest BCUT2D eigenvalue weighted by Gasteiger charge is 2.25. The van der Waals surface area contributed by atoms with E-state index in [-0.39, 0.29) is 31.0 Å². The van der Waals surface area contributed by atoms with Gasteiger partial charge < -0.3 is 14.5 Å². The number of nitrogens with one attached hydrogen (secondary N) is 1. The van der Waals surface area contributed by atoms with E-state index in [1.807, 2.05) is 0 Å². The van der Waals surface area contributed by atoms with Gasteiger partial charge in [0.05, 0.1) is 13.2 Å². The van der Waals surface area contributed by atoms with Crippen molar-refractivity contribution in [2.75, 3.05) is 19.4 Å². The Kier molecular flexibility index (Phi) is 8.67. The summed E-state index contributed by atoms with van der Waals surface area (Å²) in [7, 11) is -3.24. The second-order valence-corrected chi connectivity index (χ2v) is 9.46. The lowest BCUT2D eigenvalue weighted by atomic mass is 9.79.